The number of fused-ring (bicyclic) bond motifs is 1. The van der Waals surface area contributed by atoms with Crippen LogP contribution in [0.3, 0.4) is 0 Å². The third-order valence-electron chi connectivity index (χ3n) is 5.90. The van der Waals surface area contributed by atoms with Gasteiger partial charge in [0.25, 0.3) is 0 Å². The summed E-state index contributed by atoms with van der Waals surface area (Å²) in [5, 5.41) is 8.71. The number of morpholine rings is 1. The maximum Gasteiger partial charge on any atom is 0.0854 e. The Balaban J connectivity index is 1.16. The lowest BCUT2D eigenvalue weighted by atomic mass is 10.1. The van der Waals surface area contributed by atoms with Gasteiger partial charge >= 0.3 is 0 Å². The van der Waals surface area contributed by atoms with Crippen molar-refractivity contribution in [1.82, 2.24) is 20.1 Å². The van der Waals surface area contributed by atoms with Gasteiger partial charge < -0.3 is 9.72 Å². The summed E-state index contributed by atoms with van der Waals surface area (Å²) in [7, 11) is 0. The quantitative estimate of drug-likeness (QED) is 0.434. The van der Waals surface area contributed by atoms with E-state index in [4.69, 9.17) is 4.74 Å². The summed E-state index contributed by atoms with van der Waals surface area (Å²) >= 11 is 0. The van der Waals surface area contributed by atoms with Crippen LogP contribution in [0.5, 0.6) is 0 Å². The monoisotopic (exact) mass is 424 g/mol. The molecule has 162 valence electrons. The first-order valence-corrected chi connectivity index (χ1v) is 11.2. The first-order valence-electron chi connectivity index (χ1n) is 11.2. The number of aromatic nitrogens is 3. The molecule has 4 aromatic rings. The molecule has 5 nitrogen and oxygen atoms in total. The van der Waals surface area contributed by atoms with E-state index in [0.717, 1.165) is 61.7 Å². The third kappa shape index (κ3) is 5.25. The Hall–Kier alpha value is -3.41. The van der Waals surface area contributed by atoms with Crippen molar-refractivity contribution in [2.75, 3.05) is 32.8 Å². The van der Waals surface area contributed by atoms with Crippen LogP contribution in [0.25, 0.3) is 35.2 Å². The molecule has 0 spiro atoms. The average Bonchev–Trinajstić information content (AvgIpc) is 3.50. The number of hydrogen-bond acceptors (Lipinski definition) is 3. The highest BCUT2D eigenvalue weighted by atomic mass is 16.5. The number of nitrogens with one attached hydrogen (secondary N) is 2. The zero-order chi connectivity index (χ0) is 21.6. The number of ether oxygens (including phenoxy) is 1. The van der Waals surface area contributed by atoms with Crippen LogP contribution in [0, 0.1) is 0 Å². The fourth-order valence-corrected chi connectivity index (χ4v) is 3.97. The second-order valence-electron chi connectivity index (χ2n) is 8.18. The second-order valence-corrected chi connectivity index (χ2v) is 8.18. The fourth-order valence-electron chi connectivity index (χ4n) is 3.97. The van der Waals surface area contributed by atoms with Gasteiger partial charge in [-0.25, -0.2) is 0 Å². The molecule has 1 saturated heterocycles. The molecule has 1 fully saturated rings. The predicted octanol–water partition coefficient (Wildman–Crippen LogP) is 5.11. The van der Waals surface area contributed by atoms with Gasteiger partial charge in [0.15, 0.2) is 0 Å². The van der Waals surface area contributed by atoms with Crippen molar-refractivity contribution in [3.05, 3.63) is 88.9 Å². The van der Waals surface area contributed by atoms with Gasteiger partial charge in [-0.2, -0.15) is 5.10 Å². The van der Waals surface area contributed by atoms with Gasteiger partial charge in [0.05, 0.1) is 24.6 Å². The van der Waals surface area contributed by atoms with Gasteiger partial charge in [-0.1, -0.05) is 48.6 Å². The molecule has 2 N–H and O–H groups in total. The molecule has 1 aliphatic heterocycles. The minimum atomic E-state index is 0.859. The molecule has 0 unspecified atom stereocenters. The first kappa shape index (κ1) is 20.5. The smallest absolute Gasteiger partial charge is 0.0854 e. The van der Waals surface area contributed by atoms with E-state index in [2.05, 4.69) is 92.9 Å². The van der Waals surface area contributed by atoms with Crippen LogP contribution in [0.15, 0.2) is 60.8 Å². The van der Waals surface area contributed by atoms with Gasteiger partial charge in [-0.3, -0.25) is 10.00 Å². The number of H-pyrrole nitrogens is 2. The van der Waals surface area contributed by atoms with Crippen LogP contribution < -0.4 is 0 Å². The summed E-state index contributed by atoms with van der Waals surface area (Å²) in [4.78, 5) is 5.72. The van der Waals surface area contributed by atoms with Crippen molar-refractivity contribution >= 4 is 35.2 Å². The minimum absolute atomic E-state index is 0.859. The summed E-state index contributed by atoms with van der Waals surface area (Å²) in [5.41, 5.74) is 6.75. The molecule has 5 rings (SSSR count). The highest BCUT2D eigenvalue weighted by molar-refractivity contribution is 5.83. The molecular formula is C27H28N4O. The molecular weight excluding hydrogens is 396 g/mol. The summed E-state index contributed by atoms with van der Waals surface area (Å²) in [5.74, 6) is 0. The van der Waals surface area contributed by atoms with E-state index in [1.807, 2.05) is 12.3 Å². The Kier molecular flexibility index (Phi) is 6.28. The van der Waals surface area contributed by atoms with Crippen LogP contribution >= 0.6 is 0 Å². The fraction of sp³-hybridized carbons (Fsp3) is 0.222. The van der Waals surface area contributed by atoms with Gasteiger partial charge in [0.2, 0.25) is 0 Å². The number of rotatable bonds is 7. The first-order chi connectivity index (χ1) is 15.8. The Labute approximate surface area is 188 Å². The Morgan fingerprint density at radius 3 is 2.56 bits per heavy atom. The molecule has 0 amide bonds. The van der Waals surface area contributed by atoms with Crippen LogP contribution in [0.4, 0.5) is 0 Å². The summed E-state index contributed by atoms with van der Waals surface area (Å²) < 4.78 is 5.42. The van der Waals surface area contributed by atoms with Crippen LogP contribution in [0.2, 0.25) is 0 Å². The van der Waals surface area contributed by atoms with E-state index in [1.54, 1.807) is 0 Å². The molecule has 2 aromatic carbocycles. The zero-order valence-corrected chi connectivity index (χ0v) is 18.1. The molecule has 1 aliphatic rings. The Bertz CT molecular complexity index is 1210. The molecule has 5 heteroatoms. The van der Waals surface area contributed by atoms with Crippen molar-refractivity contribution < 1.29 is 4.74 Å². The maximum absolute atomic E-state index is 5.42. The highest BCUT2D eigenvalue weighted by Crippen LogP contribution is 2.16. The van der Waals surface area contributed by atoms with E-state index in [1.165, 1.54) is 16.5 Å². The van der Waals surface area contributed by atoms with E-state index in [-0.39, 0.29) is 0 Å². The lowest BCUT2D eigenvalue weighted by Crippen LogP contribution is -2.37. The molecule has 32 heavy (non-hydrogen) atoms. The number of nitrogens with zero attached hydrogens (tertiary/aromatic N) is 2. The SMILES string of the molecule is C(=Cc1cc(/C=C/c2ccc3cc[nH]c3c2)[nH]n1)c1ccc(CCN2CCOCC2)cc1. The Morgan fingerprint density at radius 2 is 1.69 bits per heavy atom. The van der Waals surface area contributed by atoms with E-state index >= 15 is 0 Å². The standard InChI is InChI=1S/C27H28N4O/c1-3-22(12-14-31-15-17-32-18-16-31)4-2-21(1)6-9-25-20-26(30-29-25)10-7-23-5-8-24-11-13-28-27(24)19-23/h1-11,13,19-20,28H,12,14-18H2,(H,29,30)/b9-6?,10-7+. The van der Waals surface area contributed by atoms with Gasteiger partial charge in [-0.15, -0.1) is 0 Å². The third-order valence-corrected chi connectivity index (χ3v) is 5.90. The summed E-state index contributed by atoms with van der Waals surface area (Å²) in [6.45, 7) is 4.91. The number of benzene rings is 2. The molecule has 2 aromatic heterocycles. The summed E-state index contributed by atoms with van der Waals surface area (Å²) in [6, 6.07) is 19.3. The van der Waals surface area contributed by atoms with Crippen molar-refractivity contribution in [2.24, 2.45) is 0 Å². The van der Waals surface area contributed by atoms with Crippen molar-refractivity contribution in [2.45, 2.75) is 6.42 Å². The van der Waals surface area contributed by atoms with Crippen molar-refractivity contribution in [3.63, 3.8) is 0 Å². The zero-order valence-electron chi connectivity index (χ0n) is 18.1. The topological polar surface area (TPSA) is 56.9 Å². The maximum atomic E-state index is 5.42. The lowest BCUT2D eigenvalue weighted by molar-refractivity contribution is 0.0384. The lowest BCUT2D eigenvalue weighted by Gasteiger charge is -2.26. The second kappa shape index (κ2) is 9.81. The Morgan fingerprint density at radius 1 is 0.875 bits per heavy atom. The molecule has 0 saturated carbocycles. The molecule has 3 heterocycles. The highest BCUT2D eigenvalue weighted by Gasteiger charge is 2.09. The van der Waals surface area contributed by atoms with Crippen LogP contribution in [-0.4, -0.2) is 52.9 Å². The van der Waals surface area contributed by atoms with Crippen molar-refractivity contribution in [3.8, 4) is 0 Å². The summed E-state index contributed by atoms with van der Waals surface area (Å²) in [6.07, 6.45) is 11.3. The number of aromatic amines is 2. The average molecular weight is 425 g/mol. The predicted molar refractivity (Wildman–Crippen MR) is 132 cm³/mol. The van der Waals surface area contributed by atoms with E-state index in [0.29, 0.717) is 0 Å². The normalized spacial score (nSPS) is 15.4. The molecule has 0 bridgehead atoms. The van der Waals surface area contributed by atoms with Gasteiger partial charge in [0.1, 0.15) is 0 Å². The van der Waals surface area contributed by atoms with Crippen molar-refractivity contribution in [1.29, 1.82) is 0 Å². The van der Waals surface area contributed by atoms with Crippen LogP contribution in [-0.2, 0) is 11.2 Å². The largest absolute Gasteiger partial charge is 0.379 e. The number of hydrogen-bond donors (Lipinski definition) is 2. The van der Waals surface area contributed by atoms with E-state index < -0.39 is 0 Å². The van der Waals surface area contributed by atoms with Gasteiger partial charge in [-0.05, 0) is 58.8 Å². The molecule has 0 radical (unpaired) electrons. The van der Waals surface area contributed by atoms with Crippen LogP contribution in [0.1, 0.15) is 28.1 Å². The minimum Gasteiger partial charge on any atom is -0.379 e. The van der Waals surface area contributed by atoms with Gasteiger partial charge in [0, 0.05) is 31.3 Å². The van der Waals surface area contributed by atoms with E-state index in [9.17, 15) is 0 Å². The molecule has 0 aliphatic carbocycles. The molecule has 0 atom stereocenters.